The molecule has 0 radical (unpaired) electrons. The van der Waals surface area contributed by atoms with Crippen molar-refractivity contribution in [2.24, 2.45) is 17.3 Å². The van der Waals surface area contributed by atoms with Crippen molar-refractivity contribution in [3.05, 3.63) is 68.7 Å². The summed E-state index contributed by atoms with van der Waals surface area (Å²) in [5, 5.41) is 10.9. The Morgan fingerprint density at radius 2 is 1.70 bits per heavy atom. The lowest BCUT2D eigenvalue weighted by atomic mass is 9.80. The number of nitro benzene ring substituents is 1. The molecule has 5 rings (SSSR count). The van der Waals surface area contributed by atoms with Crippen LogP contribution in [0.15, 0.2) is 36.1 Å². The van der Waals surface area contributed by atoms with Crippen molar-refractivity contribution < 1.29 is 33.1 Å². The second-order valence-corrected chi connectivity index (χ2v) is 11.0. The molecule has 0 spiro atoms. The first-order valence-corrected chi connectivity index (χ1v) is 12.3. The lowest BCUT2D eigenvalue weighted by Crippen LogP contribution is -2.31. The first kappa shape index (κ1) is 25.1. The van der Waals surface area contributed by atoms with Gasteiger partial charge in [-0.1, -0.05) is 0 Å². The van der Waals surface area contributed by atoms with Gasteiger partial charge in [-0.15, -0.1) is 0 Å². The van der Waals surface area contributed by atoms with Crippen LogP contribution in [0.1, 0.15) is 50.3 Å². The molecule has 0 aromatic heterocycles. The number of hydrogen-bond acceptors (Lipinski definition) is 7. The molecule has 2 fully saturated rings. The third-order valence-corrected chi connectivity index (χ3v) is 7.30. The van der Waals surface area contributed by atoms with E-state index >= 15 is 0 Å². The van der Waals surface area contributed by atoms with E-state index in [9.17, 15) is 24.1 Å². The molecule has 0 N–H and O–H groups in total. The predicted molar refractivity (Wildman–Crippen MR) is 131 cm³/mol. The quantitative estimate of drug-likeness (QED) is 0.284. The normalized spacial score (nSPS) is 24.4. The number of carbonyl (C=O) groups is 2. The molecule has 37 heavy (non-hydrogen) atoms. The third kappa shape index (κ3) is 4.21. The minimum atomic E-state index is -0.859. The van der Waals surface area contributed by atoms with Crippen molar-refractivity contribution in [2.45, 2.75) is 59.7 Å². The maximum absolute atomic E-state index is 14.4. The van der Waals surface area contributed by atoms with E-state index < -0.39 is 22.1 Å². The largest absolute Gasteiger partial charge is 0.454 e. The van der Waals surface area contributed by atoms with Crippen LogP contribution in [-0.2, 0) is 19.1 Å². The number of halogens is 1. The summed E-state index contributed by atoms with van der Waals surface area (Å²) in [4.78, 5) is 36.9. The van der Waals surface area contributed by atoms with Crippen molar-refractivity contribution >= 4 is 23.0 Å². The Bertz CT molecular complexity index is 1350. The van der Waals surface area contributed by atoms with Gasteiger partial charge in [0.2, 0.25) is 0 Å². The number of fused-ring (bicyclic) bond motifs is 5. The van der Waals surface area contributed by atoms with Crippen LogP contribution < -0.4 is 4.74 Å². The summed E-state index contributed by atoms with van der Waals surface area (Å²) < 4.78 is 32.1. The van der Waals surface area contributed by atoms with Gasteiger partial charge in [0.25, 0.3) is 5.69 Å². The zero-order valence-electron chi connectivity index (χ0n) is 21.3. The topological polar surface area (TPSA) is 105 Å². The fraction of sp³-hybridized carbons (Fsp3) is 0.429. The lowest BCUT2D eigenvalue weighted by molar-refractivity contribution is -0.385. The van der Waals surface area contributed by atoms with Gasteiger partial charge < -0.3 is 14.2 Å². The van der Waals surface area contributed by atoms with Crippen molar-refractivity contribution in [2.75, 3.05) is 0 Å². The summed E-state index contributed by atoms with van der Waals surface area (Å²) in [6.45, 7) is 8.91. The number of Topliss-reactive ketones (excluding diaryl/α,β-unsaturated/α-hetero) is 1. The van der Waals surface area contributed by atoms with E-state index in [4.69, 9.17) is 14.2 Å². The summed E-state index contributed by atoms with van der Waals surface area (Å²) in [5.74, 6) is -1.50. The Morgan fingerprint density at radius 3 is 2.27 bits per heavy atom. The molecular formula is C28H28FNO7. The van der Waals surface area contributed by atoms with E-state index in [2.05, 4.69) is 0 Å². The predicted octanol–water partition coefficient (Wildman–Crippen LogP) is 5.82. The fourth-order valence-corrected chi connectivity index (χ4v) is 5.61. The number of ether oxygens (including phenoxy) is 3. The van der Waals surface area contributed by atoms with E-state index in [1.165, 1.54) is 12.1 Å². The minimum Gasteiger partial charge on any atom is -0.454 e. The highest BCUT2D eigenvalue weighted by atomic mass is 19.1. The first-order valence-electron chi connectivity index (χ1n) is 12.3. The number of benzene rings is 2. The smallest absolute Gasteiger partial charge is 0.316 e. The minimum absolute atomic E-state index is 0.0878. The number of rotatable bonds is 5. The average molecular weight is 510 g/mol. The van der Waals surface area contributed by atoms with Crippen molar-refractivity contribution in [1.29, 1.82) is 0 Å². The first-order chi connectivity index (χ1) is 17.4. The number of ketones is 1. The monoisotopic (exact) mass is 509 g/mol. The van der Waals surface area contributed by atoms with Crippen molar-refractivity contribution in [1.82, 2.24) is 0 Å². The van der Waals surface area contributed by atoms with Crippen molar-refractivity contribution in [3.63, 3.8) is 0 Å². The van der Waals surface area contributed by atoms with Gasteiger partial charge in [0.1, 0.15) is 11.5 Å². The maximum Gasteiger partial charge on any atom is 0.316 e. The molecule has 194 valence electrons. The van der Waals surface area contributed by atoms with Crippen LogP contribution in [0.3, 0.4) is 0 Å². The van der Waals surface area contributed by atoms with Crippen LogP contribution in [0.2, 0.25) is 0 Å². The highest BCUT2D eigenvalue weighted by Gasteiger charge is 2.60. The molecule has 2 saturated heterocycles. The molecule has 3 aliphatic rings. The number of esters is 1. The van der Waals surface area contributed by atoms with Crippen LogP contribution >= 0.6 is 0 Å². The van der Waals surface area contributed by atoms with Crippen molar-refractivity contribution in [3.8, 4) is 11.5 Å². The number of carbonyl (C=O) groups excluding carboxylic acids is 2. The lowest BCUT2D eigenvalue weighted by Gasteiger charge is -2.24. The summed E-state index contributed by atoms with van der Waals surface area (Å²) in [5.41, 5.74) is 1.31. The molecule has 4 atom stereocenters. The Hall–Kier alpha value is -3.59. The second-order valence-electron chi connectivity index (χ2n) is 11.0. The number of hydrogen-bond donors (Lipinski definition) is 0. The van der Waals surface area contributed by atoms with E-state index in [0.29, 0.717) is 33.8 Å². The molecule has 9 heteroatoms. The summed E-state index contributed by atoms with van der Waals surface area (Å²) in [7, 11) is 0. The molecule has 2 aromatic rings. The molecule has 2 bridgehead atoms. The van der Waals surface area contributed by atoms with Gasteiger partial charge in [-0.3, -0.25) is 19.7 Å². The molecule has 2 aromatic carbocycles. The van der Waals surface area contributed by atoms with Gasteiger partial charge in [0.15, 0.2) is 17.3 Å². The van der Waals surface area contributed by atoms with E-state index in [0.717, 1.165) is 18.9 Å². The Labute approximate surface area is 213 Å². The summed E-state index contributed by atoms with van der Waals surface area (Å²) >= 11 is 0. The molecule has 4 unspecified atom stereocenters. The van der Waals surface area contributed by atoms with Gasteiger partial charge in [-0.05, 0) is 82.3 Å². The SMILES string of the molecule is Cc1cc(Oc2ccc([N+](=O)[O-])cc2F)cc(C)c1C1=C(OC(=O)C(C)(C)C)C2C3CCC(O3)C2C1=O. The van der Waals surface area contributed by atoms with E-state index in [-0.39, 0.29) is 41.3 Å². The molecule has 8 nitrogen and oxygen atoms in total. The van der Waals surface area contributed by atoms with Crippen LogP contribution in [0.25, 0.3) is 5.57 Å². The Morgan fingerprint density at radius 1 is 1.08 bits per heavy atom. The van der Waals surface area contributed by atoms with Crippen LogP contribution in [0.5, 0.6) is 11.5 Å². The molecule has 2 aliphatic heterocycles. The van der Waals surface area contributed by atoms with Gasteiger partial charge in [-0.2, -0.15) is 0 Å². The van der Waals surface area contributed by atoms with E-state index in [1.54, 1.807) is 32.9 Å². The van der Waals surface area contributed by atoms with Crippen LogP contribution in [0.4, 0.5) is 10.1 Å². The zero-order chi connectivity index (χ0) is 26.8. The molecule has 2 heterocycles. The van der Waals surface area contributed by atoms with Gasteiger partial charge in [0, 0.05) is 6.07 Å². The Balaban J connectivity index is 1.55. The molecule has 0 amide bonds. The molecule has 0 saturated carbocycles. The fourth-order valence-electron chi connectivity index (χ4n) is 5.61. The third-order valence-electron chi connectivity index (χ3n) is 7.30. The number of nitrogens with zero attached hydrogens (tertiary/aromatic N) is 1. The van der Waals surface area contributed by atoms with Crippen LogP contribution in [-0.4, -0.2) is 28.9 Å². The summed E-state index contributed by atoms with van der Waals surface area (Å²) in [6, 6.07) is 6.52. The van der Waals surface area contributed by atoms with Gasteiger partial charge >= 0.3 is 5.97 Å². The van der Waals surface area contributed by atoms with Gasteiger partial charge in [-0.25, -0.2) is 4.39 Å². The number of nitro groups is 1. The highest BCUT2D eigenvalue weighted by Crippen LogP contribution is 2.55. The standard InChI is InChI=1S/C28H28FNO7/c1-13-10-16(35-18-7-6-15(30(33)34)12-17(18)29)11-14(2)21(13)24-25(31)22-19-8-9-20(36-19)23(22)26(24)37-27(32)28(3,4)5/h6-7,10-12,19-20,22-23H,8-9H2,1-5H3. The average Bonchev–Trinajstić information content (AvgIpc) is 3.48. The zero-order valence-corrected chi connectivity index (χ0v) is 21.3. The number of allylic oxidation sites excluding steroid dienone is 1. The summed E-state index contributed by atoms with van der Waals surface area (Å²) in [6.07, 6.45) is 1.27. The second kappa shape index (κ2) is 8.76. The maximum atomic E-state index is 14.4. The van der Waals surface area contributed by atoms with E-state index in [1.807, 2.05) is 13.8 Å². The van der Waals surface area contributed by atoms with Crippen LogP contribution in [0, 0.1) is 47.0 Å². The molecule has 1 aliphatic carbocycles. The molecular weight excluding hydrogens is 481 g/mol. The Kier molecular flexibility index (Phi) is 5.94. The number of non-ortho nitro benzene ring substituents is 1. The number of aryl methyl sites for hydroxylation is 2. The van der Waals surface area contributed by atoms with Gasteiger partial charge in [0.05, 0.1) is 46.0 Å². The highest BCUT2D eigenvalue weighted by molar-refractivity contribution is 6.26.